The zero-order valence-corrected chi connectivity index (χ0v) is 20.4. The average Bonchev–Trinajstić information content (AvgIpc) is 3.39. The van der Waals surface area contributed by atoms with Crippen molar-refractivity contribution in [3.8, 4) is 11.3 Å². The molecular formula is C25H20N2O6S2. The maximum absolute atomic E-state index is 12.8. The van der Waals surface area contributed by atoms with Crippen LogP contribution < -0.4 is 5.32 Å². The van der Waals surface area contributed by atoms with Crippen molar-refractivity contribution in [2.75, 3.05) is 18.1 Å². The number of anilines is 1. The number of benzene rings is 2. The van der Waals surface area contributed by atoms with E-state index in [2.05, 4.69) is 5.32 Å². The number of hydrogen-bond acceptors (Lipinski definition) is 7. The Hall–Kier alpha value is -3.76. The third kappa shape index (κ3) is 5.50. The first kappa shape index (κ1) is 24.4. The molecule has 0 radical (unpaired) electrons. The summed E-state index contributed by atoms with van der Waals surface area (Å²) < 4.78 is 5.80. The molecule has 1 saturated heterocycles. The highest BCUT2D eigenvalue weighted by atomic mass is 32.2. The number of nitrogens with zero attached hydrogens (tertiary/aromatic N) is 1. The monoisotopic (exact) mass is 508 g/mol. The van der Waals surface area contributed by atoms with E-state index in [1.165, 1.54) is 30.0 Å². The lowest BCUT2D eigenvalue weighted by atomic mass is 10.0. The third-order valence-electron chi connectivity index (χ3n) is 5.18. The number of rotatable bonds is 7. The SMILES string of the molecule is CSc1cccc(NC(=O)CN2C(=O)S/C(=C\c3ccc(-c4cc(C(=O)O)ccc4C)o3)C2=O)c1. The molecule has 2 heterocycles. The number of carboxylic acid groups (broad SMARTS) is 1. The Kier molecular flexibility index (Phi) is 7.13. The second kappa shape index (κ2) is 10.2. The molecule has 178 valence electrons. The molecule has 1 aromatic heterocycles. The molecule has 2 N–H and O–H groups in total. The number of hydrogen-bond donors (Lipinski definition) is 2. The largest absolute Gasteiger partial charge is 0.478 e. The molecule has 4 rings (SSSR count). The van der Waals surface area contributed by atoms with Gasteiger partial charge < -0.3 is 14.8 Å². The summed E-state index contributed by atoms with van der Waals surface area (Å²) in [6.07, 6.45) is 3.36. The van der Waals surface area contributed by atoms with Crippen molar-refractivity contribution in [3.05, 3.63) is 76.4 Å². The van der Waals surface area contributed by atoms with Crippen LogP contribution in [0.3, 0.4) is 0 Å². The maximum Gasteiger partial charge on any atom is 0.335 e. The van der Waals surface area contributed by atoms with Crippen molar-refractivity contribution < 1.29 is 28.7 Å². The van der Waals surface area contributed by atoms with E-state index in [1.54, 1.807) is 36.4 Å². The highest BCUT2D eigenvalue weighted by Crippen LogP contribution is 2.34. The summed E-state index contributed by atoms with van der Waals surface area (Å²) in [5.74, 6) is -1.37. The molecule has 1 fully saturated rings. The van der Waals surface area contributed by atoms with Crippen molar-refractivity contribution in [3.63, 3.8) is 0 Å². The van der Waals surface area contributed by atoms with Gasteiger partial charge in [-0.1, -0.05) is 12.1 Å². The predicted molar refractivity (Wildman–Crippen MR) is 135 cm³/mol. The van der Waals surface area contributed by atoms with Gasteiger partial charge in [-0.3, -0.25) is 19.3 Å². The molecule has 0 spiro atoms. The first-order chi connectivity index (χ1) is 16.7. The van der Waals surface area contributed by atoms with Crippen molar-refractivity contribution >= 4 is 58.3 Å². The van der Waals surface area contributed by atoms with Crippen LogP contribution in [0.1, 0.15) is 21.7 Å². The smallest absolute Gasteiger partial charge is 0.335 e. The lowest BCUT2D eigenvalue weighted by Crippen LogP contribution is -2.36. The van der Waals surface area contributed by atoms with Gasteiger partial charge in [-0.15, -0.1) is 11.8 Å². The number of thioether (sulfide) groups is 2. The molecule has 10 heteroatoms. The van der Waals surface area contributed by atoms with Gasteiger partial charge in [-0.25, -0.2) is 4.79 Å². The van der Waals surface area contributed by atoms with Crippen molar-refractivity contribution in [2.45, 2.75) is 11.8 Å². The first-order valence-corrected chi connectivity index (χ1v) is 12.4. The van der Waals surface area contributed by atoms with Crippen LogP contribution in [0.25, 0.3) is 17.4 Å². The molecule has 2 aromatic carbocycles. The number of amides is 3. The van der Waals surface area contributed by atoms with Crippen LogP contribution in [-0.4, -0.2) is 45.8 Å². The quantitative estimate of drug-likeness (QED) is 0.324. The van der Waals surface area contributed by atoms with Crippen LogP contribution in [0.15, 0.2) is 68.8 Å². The van der Waals surface area contributed by atoms with Gasteiger partial charge in [-0.2, -0.15) is 0 Å². The number of aromatic carboxylic acids is 1. The first-order valence-electron chi connectivity index (χ1n) is 10.4. The van der Waals surface area contributed by atoms with Crippen LogP contribution in [0, 0.1) is 6.92 Å². The molecule has 3 aromatic rings. The number of carboxylic acids is 1. The second-order valence-electron chi connectivity index (χ2n) is 7.58. The van der Waals surface area contributed by atoms with E-state index in [-0.39, 0.29) is 10.5 Å². The van der Waals surface area contributed by atoms with Crippen molar-refractivity contribution in [1.82, 2.24) is 4.90 Å². The topological polar surface area (TPSA) is 117 Å². The summed E-state index contributed by atoms with van der Waals surface area (Å²) >= 11 is 2.26. The van der Waals surface area contributed by atoms with E-state index in [1.807, 2.05) is 19.2 Å². The lowest BCUT2D eigenvalue weighted by Gasteiger charge is -2.12. The highest BCUT2D eigenvalue weighted by molar-refractivity contribution is 8.18. The van der Waals surface area contributed by atoms with Crippen LogP contribution >= 0.6 is 23.5 Å². The standard InChI is InChI=1S/C25H20N2O6S2/c1-14-6-7-15(24(30)31)10-19(14)20-9-8-17(33-20)12-21-23(29)27(25(32)35-21)13-22(28)26-16-4-3-5-18(11-16)34-2/h3-12H,13H2,1-2H3,(H,26,28)(H,30,31)/b21-12-. The fourth-order valence-corrected chi connectivity index (χ4v) is 4.68. The Balaban J connectivity index is 1.47. The van der Waals surface area contributed by atoms with E-state index >= 15 is 0 Å². The summed E-state index contributed by atoms with van der Waals surface area (Å²) in [6.45, 7) is 1.42. The Morgan fingerprint density at radius 2 is 1.94 bits per heavy atom. The number of carbonyl (C=O) groups excluding carboxylic acids is 3. The molecule has 35 heavy (non-hydrogen) atoms. The molecule has 3 amide bonds. The van der Waals surface area contributed by atoms with Crippen molar-refractivity contribution in [1.29, 1.82) is 0 Å². The number of furan rings is 1. The number of imide groups is 1. The van der Waals surface area contributed by atoms with E-state index in [0.717, 1.165) is 27.1 Å². The average molecular weight is 509 g/mol. The minimum atomic E-state index is -1.05. The van der Waals surface area contributed by atoms with Crippen LogP contribution in [-0.2, 0) is 9.59 Å². The van der Waals surface area contributed by atoms with E-state index in [4.69, 9.17) is 4.42 Å². The zero-order chi connectivity index (χ0) is 25.1. The molecule has 0 saturated carbocycles. The van der Waals surface area contributed by atoms with Gasteiger partial charge in [-0.05, 0) is 73.0 Å². The molecule has 0 bridgehead atoms. The summed E-state index contributed by atoms with van der Waals surface area (Å²) in [5.41, 5.74) is 2.14. The lowest BCUT2D eigenvalue weighted by molar-refractivity contribution is -0.127. The summed E-state index contributed by atoms with van der Waals surface area (Å²) in [4.78, 5) is 50.9. The minimum Gasteiger partial charge on any atom is -0.478 e. The van der Waals surface area contributed by atoms with Crippen LogP contribution in [0.2, 0.25) is 0 Å². The van der Waals surface area contributed by atoms with Crippen molar-refractivity contribution in [2.24, 2.45) is 0 Å². The zero-order valence-electron chi connectivity index (χ0n) is 18.7. The number of nitrogens with one attached hydrogen (secondary N) is 1. The van der Waals surface area contributed by atoms with Gasteiger partial charge in [0.25, 0.3) is 11.1 Å². The molecule has 0 atom stereocenters. The summed E-state index contributed by atoms with van der Waals surface area (Å²) in [6, 6.07) is 15.3. The van der Waals surface area contributed by atoms with E-state index in [9.17, 15) is 24.3 Å². The molecular weight excluding hydrogens is 488 g/mol. The van der Waals surface area contributed by atoms with Gasteiger partial charge in [0.15, 0.2) is 0 Å². The second-order valence-corrected chi connectivity index (χ2v) is 9.46. The minimum absolute atomic E-state index is 0.128. The molecule has 1 aliphatic heterocycles. The maximum atomic E-state index is 12.8. The van der Waals surface area contributed by atoms with Gasteiger partial charge in [0.05, 0.1) is 10.5 Å². The molecule has 0 unspecified atom stereocenters. The van der Waals surface area contributed by atoms with Crippen LogP contribution in [0.4, 0.5) is 10.5 Å². The predicted octanol–water partition coefficient (Wildman–Crippen LogP) is 5.35. The summed E-state index contributed by atoms with van der Waals surface area (Å²) in [7, 11) is 0. The van der Waals surface area contributed by atoms with Gasteiger partial charge in [0.1, 0.15) is 18.1 Å². The van der Waals surface area contributed by atoms with Gasteiger partial charge >= 0.3 is 5.97 Å². The molecule has 1 aliphatic rings. The summed E-state index contributed by atoms with van der Waals surface area (Å²) in [5, 5.41) is 11.4. The fraction of sp³-hybridized carbons (Fsp3) is 0.120. The molecule has 0 aliphatic carbocycles. The Bertz CT molecular complexity index is 1380. The van der Waals surface area contributed by atoms with Gasteiger partial charge in [0.2, 0.25) is 5.91 Å². The highest BCUT2D eigenvalue weighted by Gasteiger charge is 2.36. The molecule has 8 nitrogen and oxygen atoms in total. The van der Waals surface area contributed by atoms with Crippen LogP contribution in [0.5, 0.6) is 0 Å². The third-order valence-corrected chi connectivity index (χ3v) is 6.81. The Morgan fingerprint density at radius 3 is 2.69 bits per heavy atom. The number of carbonyl (C=O) groups is 4. The Labute approximate surface area is 209 Å². The van der Waals surface area contributed by atoms with E-state index in [0.29, 0.717) is 22.8 Å². The normalized spacial score (nSPS) is 14.6. The van der Waals surface area contributed by atoms with E-state index < -0.39 is 29.6 Å². The fourth-order valence-electron chi connectivity index (χ4n) is 3.41. The Morgan fingerprint density at radius 1 is 1.14 bits per heavy atom. The van der Waals surface area contributed by atoms with Gasteiger partial charge in [0, 0.05) is 22.2 Å². The number of aryl methyl sites for hydroxylation is 1.